The Hall–Kier alpha value is -0.850. The van der Waals surface area contributed by atoms with E-state index in [9.17, 15) is 4.39 Å². The molecule has 0 saturated heterocycles. The van der Waals surface area contributed by atoms with Gasteiger partial charge in [-0.05, 0) is 55.2 Å². The third-order valence-corrected chi connectivity index (χ3v) is 7.65. The summed E-state index contributed by atoms with van der Waals surface area (Å²) in [4.78, 5) is 0. The monoisotopic (exact) mass is 430 g/mol. The summed E-state index contributed by atoms with van der Waals surface area (Å²) in [5.74, 6) is 1.51. The molecule has 1 aromatic rings. The molecule has 0 N–H and O–H groups in total. The molecule has 0 atom stereocenters. The fourth-order valence-corrected chi connectivity index (χ4v) is 5.50. The molecular formula is C30H51F. The highest BCUT2D eigenvalue weighted by atomic mass is 19.1. The molecule has 31 heavy (non-hydrogen) atoms. The Bertz CT molecular complexity index is 512. The second-order valence-corrected chi connectivity index (χ2v) is 10.4. The molecule has 1 saturated carbocycles. The van der Waals surface area contributed by atoms with Gasteiger partial charge in [-0.1, -0.05) is 128 Å². The van der Waals surface area contributed by atoms with Gasteiger partial charge in [0.05, 0.1) is 0 Å². The van der Waals surface area contributed by atoms with Gasteiger partial charge in [0.1, 0.15) is 5.82 Å². The second kappa shape index (κ2) is 17.7. The predicted molar refractivity (Wildman–Crippen MR) is 135 cm³/mol. The quantitative estimate of drug-likeness (QED) is 0.203. The highest BCUT2D eigenvalue weighted by Crippen LogP contribution is 2.37. The number of hydrogen-bond donors (Lipinski definition) is 0. The number of unbranched alkanes of at least 4 members (excludes halogenated alkanes) is 15. The molecule has 2 rings (SSSR count). The Kier molecular flexibility index (Phi) is 15.1. The standard InChI is InChI=1S/C30H51F/c1-2-3-4-5-6-7-8-9-10-11-12-13-14-15-16-17-18-27-19-21-28(22-20-27)29-23-25-30(31)26-24-29/h23-28H,2-22H2,1H3. The summed E-state index contributed by atoms with van der Waals surface area (Å²) >= 11 is 0. The van der Waals surface area contributed by atoms with Crippen molar-refractivity contribution in [3.05, 3.63) is 35.6 Å². The predicted octanol–water partition coefficient (Wildman–Crippen LogP) is 10.8. The summed E-state index contributed by atoms with van der Waals surface area (Å²) in [6.07, 6.45) is 30.0. The van der Waals surface area contributed by atoms with Gasteiger partial charge in [-0.15, -0.1) is 0 Å². The van der Waals surface area contributed by atoms with Crippen molar-refractivity contribution in [3.63, 3.8) is 0 Å². The molecule has 0 aromatic heterocycles. The lowest BCUT2D eigenvalue weighted by atomic mass is 9.77. The van der Waals surface area contributed by atoms with Gasteiger partial charge in [0.2, 0.25) is 0 Å². The molecule has 1 heteroatoms. The fourth-order valence-electron chi connectivity index (χ4n) is 5.50. The Morgan fingerprint density at radius 2 is 1.00 bits per heavy atom. The van der Waals surface area contributed by atoms with Crippen molar-refractivity contribution >= 4 is 0 Å². The maximum Gasteiger partial charge on any atom is 0.123 e. The van der Waals surface area contributed by atoms with E-state index in [1.165, 1.54) is 140 Å². The number of hydrogen-bond acceptors (Lipinski definition) is 0. The maximum atomic E-state index is 13.1. The molecule has 0 nitrogen and oxygen atoms in total. The third-order valence-electron chi connectivity index (χ3n) is 7.65. The van der Waals surface area contributed by atoms with E-state index in [1.807, 2.05) is 12.1 Å². The van der Waals surface area contributed by atoms with Crippen molar-refractivity contribution < 1.29 is 4.39 Å². The van der Waals surface area contributed by atoms with Crippen LogP contribution in [0.4, 0.5) is 4.39 Å². The minimum atomic E-state index is -0.110. The SMILES string of the molecule is CCCCCCCCCCCCCCCCCCC1CCC(c2ccc(F)cc2)CC1. The van der Waals surface area contributed by atoms with Crippen LogP contribution >= 0.6 is 0 Å². The van der Waals surface area contributed by atoms with E-state index < -0.39 is 0 Å². The van der Waals surface area contributed by atoms with Crippen LogP contribution in [0.1, 0.15) is 153 Å². The van der Waals surface area contributed by atoms with Crippen LogP contribution in [0.2, 0.25) is 0 Å². The number of benzene rings is 1. The molecular weight excluding hydrogens is 379 g/mol. The second-order valence-electron chi connectivity index (χ2n) is 10.4. The van der Waals surface area contributed by atoms with E-state index in [-0.39, 0.29) is 5.82 Å². The van der Waals surface area contributed by atoms with Crippen LogP contribution in [0.5, 0.6) is 0 Å². The van der Waals surface area contributed by atoms with Gasteiger partial charge in [0.25, 0.3) is 0 Å². The largest absolute Gasteiger partial charge is 0.207 e. The topological polar surface area (TPSA) is 0 Å². The Labute approximate surface area is 193 Å². The maximum absolute atomic E-state index is 13.1. The van der Waals surface area contributed by atoms with Crippen molar-refractivity contribution in [3.8, 4) is 0 Å². The first-order valence-corrected chi connectivity index (χ1v) is 14.0. The van der Waals surface area contributed by atoms with Crippen molar-refractivity contribution in [2.75, 3.05) is 0 Å². The van der Waals surface area contributed by atoms with E-state index in [0.29, 0.717) is 5.92 Å². The molecule has 0 amide bonds. The fraction of sp³-hybridized carbons (Fsp3) is 0.800. The molecule has 1 aliphatic carbocycles. The van der Waals surface area contributed by atoms with Crippen LogP contribution in [0.15, 0.2) is 24.3 Å². The molecule has 0 radical (unpaired) electrons. The zero-order valence-corrected chi connectivity index (χ0v) is 20.7. The Balaban J connectivity index is 1.32. The highest BCUT2D eigenvalue weighted by molar-refractivity contribution is 5.20. The van der Waals surface area contributed by atoms with Crippen molar-refractivity contribution in [2.45, 2.75) is 148 Å². The molecule has 0 bridgehead atoms. The summed E-state index contributed by atoms with van der Waals surface area (Å²) in [6, 6.07) is 7.24. The van der Waals surface area contributed by atoms with Gasteiger partial charge in [-0.25, -0.2) is 4.39 Å². The lowest BCUT2D eigenvalue weighted by molar-refractivity contribution is 0.301. The van der Waals surface area contributed by atoms with Gasteiger partial charge < -0.3 is 0 Å². The van der Waals surface area contributed by atoms with Gasteiger partial charge in [0, 0.05) is 0 Å². The minimum absolute atomic E-state index is 0.110. The van der Waals surface area contributed by atoms with Crippen molar-refractivity contribution in [1.82, 2.24) is 0 Å². The summed E-state index contributed by atoms with van der Waals surface area (Å²) in [5, 5.41) is 0. The summed E-state index contributed by atoms with van der Waals surface area (Å²) in [7, 11) is 0. The molecule has 0 aliphatic heterocycles. The number of halogens is 1. The van der Waals surface area contributed by atoms with Crippen molar-refractivity contribution in [2.24, 2.45) is 5.92 Å². The average Bonchev–Trinajstić information content (AvgIpc) is 2.80. The summed E-state index contributed by atoms with van der Waals surface area (Å²) in [5.41, 5.74) is 1.35. The van der Waals surface area contributed by atoms with E-state index in [2.05, 4.69) is 6.92 Å². The third kappa shape index (κ3) is 12.7. The molecule has 0 unspecified atom stereocenters. The van der Waals surface area contributed by atoms with E-state index >= 15 is 0 Å². The van der Waals surface area contributed by atoms with Crippen LogP contribution in [0, 0.1) is 11.7 Å². The Morgan fingerprint density at radius 1 is 0.581 bits per heavy atom. The molecule has 1 aromatic carbocycles. The van der Waals surface area contributed by atoms with Gasteiger partial charge in [0.15, 0.2) is 0 Å². The Morgan fingerprint density at radius 3 is 1.45 bits per heavy atom. The van der Waals surface area contributed by atoms with Crippen molar-refractivity contribution in [1.29, 1.82) is 0 Å². The van der Waals surface area contributed by atoms with E-state index in [1.54, 1.807) is 12.1 Å². The van der Waals surface area contributed by atoms with Crippen LogP contribution in [-0.4, -0.2) is 0 Å². The summed E-state index contributed by atoms with van der Waals surface area (Å²) < 4.78 is 13.1. The van der Waals surface area contributed by atoms with Gasteiger partial charge in [-0.3, -0.25) is 0 Å². The smallest absolute Gasteiger partial charge is 0.123 e. The number of rotatable bonds is 18. The lowest BCUT2D eigenvalue weighted by Gasteiger charge is -2.28. The molecule has 1 fully saturated rings. The van der Waals surface area contributed by atoms with E-state index in [4.69, 9.17) is 0 Å². The minimum Gasteiger partial charge on any atom is -0.207 e. The molecule has 0 spiro atoms. The van der Waals surface area contributed by atoms with Gasteiger partial charge in [-0.2, -0.15) is 0 Å². The molecule has 1 aliphatic rings. The lowest BCUT2D eigenvalue weighted by Crippen LogP contribution is -2.13. The van der Waals surface area contributed by atoms with Crippen LogP contribution < -0.4 is 0 Å². The zero-order chi connectivity index (χ0) is 22.0. The van der Waals surface area contributed by atoms with Crippen LogP contribution in [-0.2, 0) is 0 Å². The normalized spacial score (nSPS) is 19.0. The molecule has 178 valence electrons. The first-order valence-electron chi connectivity index (χ1n) is 14.0. The summed E-state index contributed by atoms with van der Waals surface area (Å²) in [6.45, 7) is 2.30. The first-order chi connectivity index (χ1) is 15.3. The zero-order valence-electron chi connectivity index (χ0n) is 20.7. The molecule has 0 heterocycles. The highest BCUT2D eigenvalue weighted by Gasteiger charge is 2.21. The van der Waals surface area contributed by atoms with Gasteiger partial charge >= 0.3 is 0 Å². The first kappa shape index (κ1) is 26.4. The van der Waals surface area contributed by atoms with E-state index in [0.717, 1.165) is 5.92 Å². The van der Waals surface area contributed by atoms with Crippen LogP contribution in [0.3, 0.4) is 0 Å². The van der Waals surface area contributed by atoms with Crippen LogP contribution in [0.25, 0.3) is 0 Å². The average molecular weight is 431 g/mol.